The van der Waals surface area contributed by atoms with Crippen molar-refractivity contribution in [3.63, 3.8) is 0 Å². The molecule has 0 aliphatic carbocycles. The highest BCUT2D eigenvalue weighted by Crippen LogP contribution is 2.32. The summed E-state index contributed by atoms with van der Waals surface area (Å²) >= 11 is 0. The molecule has 78 valence electrons. The molecule has 3 nitrogen and oxygen atoms in total. The molecule has 1 aliphatic rings. The Hall–Kier alpha value is -0.990. The van der Waals surface area contributed by atoms with Gasteiger partial charge in [0.2, 0.25) is 0 Å². The third-order valence-corrected chi connectivity index (χ3v) is 2.99. The minimum Gasteiger partial charge on any atom is -0.350 e. The van der Waals surface area contributed by atoms with Crippen molar-refractivity contribution in [2.75, 3.05) is 11.4 Å². The largest absolute Gasteiger partial charge is 0.350 e. The Morgan fingerprint density at radius 2 is 1.79 bits per heavy atom. The van der Waals surface area contributed by atoms with Gasteiger partial charge in [-0.15, -0.1) is 0 Å². The van der Waals surface area contributed by atoms with Gasteiger partial charge in [0, 0.05) is 17.6 Å². The van der Waals surface area contributed by atoms with Gasteiger partial charge in [-0.2, -0.15) is 5.10 Å². The van der Waals surface area contributed by atoms with Gasteiger partial charge >= 0.3 is 0 Å². The van der Waals surface area contributed by atoms with Crippen molar-refractivity contribution in [2.24, 2.45) is 0 Å². The third-order valence-electron chi connectivity index (χ3n) is 2.99. The van der Waals surface area contributed by atoms with Crippen LogP contribution in [0.25, 0.3) is 0 Å². The van der Waals surface area contributed by atoms with E-state index in [4.69, 9.17) is 0 Å². The summed E-state index contributed by atoms with van der Waals surface area (Å²) in [5.74, 6) is 1.31. The highest BCUT2D eigenvalue weighted by atomic mass is 15.4. The Kier molecular flexibility index (Phi) is 1.88. The second-order valence-electron chi connectivity index (χ2n) is 5.08. The van der Waals surface area contributed by atoms with Crippen LogP contribution in [0.1, 0.15) is 32.0 Å². The monoisotopic (exact) mass is 193 g/mol. The first kappa shape index (κ1) is 9.56. The van der Waals surface area contributed by atoms with E-state index in [0.29, 0.717) is 0 Å². The van der Waals surface area contributed by atoms with Gasteiger partial charge in [-0.05, 0) is 34.6 Å². The minimum absolute atomic E-state index is 0.200. The number of anilines is 1. The van der Waals surface area contributed by atoms with Crippen molar-refractivity contribution >= 4 is 5.82 Å². The summed E-state index contributed by atoms with van der Waals surface area (Å²) < 4.78 is 2.13. The van der Waals surface area contributed by atoms with E-state index in [-0.39, 0.29) is 5.54 Å². The molecule has 0 radical (unpaired) electrons. The van der Waals surface area contributed by atoms with Crippen LogP contribution in [0, 0.1) is 13.8 Å². The van der Waals surface area contributed by atoms with Crippen LogP contribution < -0.4 is 4.90 Å². The summed E-state index contributed by atoms with van der Waals surface area (Å²) in [6.45, 7) is 13.1. The lowest BCUT2D eigenvalue weighted by Gasteiger charge is -2.33. The maximum absolute atomic E-state index is 4.53. The van der Waals surface area contributed by atoms with Crippen molar-refractivity contribution in [3.05, 3.63) is 11.3 Å². The van der Waals surface area contributed by atoms with Crippen molar-refractivity contribution in [1.29, 1.82) is 0 Å². The van der Waals surface area contributed by atoms with Gasteiger partial charge in [0.1, 0.15) is 5.82 Å². The van der Waals surface area contributed by atoms with Crippen LogP contribution in [0.2, 0.25) is 0 Å². The van der Waals surface area contributed by atoms with E-state index in [9.17, 15) is 0 Å². The molecule has 0 fully saturated rings. The lowest BCUT2D eigenvalue weighted by atomic mass is 10.1. The highest BCUT2D eigenvalue weighted by molar-refractivity contribution is 5.53. The molecule has 0 spiro atoms. The summed E-state index contributed by atoms with van der Waals surface area (Å²) in [4.78, 5) is 2.45. The second kappa shape index (κ2) is 2.75. The molecule has 0 saturated carbocycles. The van der Waals surface area contributed by atoms with Crippen LogP contribution in [0.4, 0.5) is 5.82 Å². The van der Waals surface area contributed by atoms with Crippen LogP contribution in [0.5, 0.6) is 0 Å². The first-order chi connectivity index (χ1) is 6.41. The molecule has 0 bridgehead atoms. The molecule has 14 heavy (non-hydrogen) atoms. The normalized spacial score (nSPS) is 16.2. The Morgan fingerprint density at radius 3 is 2.36 bits per heavy atom. The third kappa shape index (κ3) is 1.22. The molecule has 0 aromatic carbocycles. The average Bonchev–Trinajstić information content (AvgIpc) is 2.54. The molecule has 3 heteroatoms. The number of aryl methyl sites for hydroxylation is 1. The fourth-order valence-corrected chi connectivity index (χ4v) is 2.11. The Balaban J connectivity index is 2.48. The van der Waals surface area contributed by atoms with Crippen molar-refractivity contribution in [2.45, 2.75) is 46.7 Å². The first-order valence-corrected chi connectivity index (χ1v) is 5.23. The SMILES string of the molecule is Cc1nn2c(c1C)N(C(C)(C)C)CC2. The molecule has 1 aromatic heterocycles. The van der Waals surface area contributed by atoms with Crippen LogP contribution >= 0.6 is 0 Å². The minimum atomic E-state index is 0.200. The molecular weight excluding hydrogens is 174 g/mol. The topological polar surface area (TPSA) is 21.1 Å². The summed E-state index contributed by atoms with van der Waals surface area (Å²) in [5.41, 5.74) is 2.69. The predicted molar refractivity (Wildman–Crippen MR) is 58.8 cm³/mol. The van der Waals surface area contributed by atoms with E-state index in [0.717, 1.165) is 18.8 Å². The molecule has 0 saturated heterocycles. The smallest absolute Gasteiger partial charge is 0.130 e. The second-order valence-corrected chi connectivity index (χ2v) is 5.08. The zero-order valence-electron chi connectivity index (χ0n) is 9.76. The van der Waals surface area contributed by atoms with Crippen LogP contribution in [0.3, 0.4) is 0 Å². The van der Waals surface area contributed by atoms with Gasteiger partial charge in [0.15, 0.2) is 0 Å². The van der Waals surface area contributed by atoms with Crippen LogP contribution in [0.15, 0.2) is 0 Å². The predicted octanol–water partition coefficient (Wildman–Crippen LogP) is 2.12. The highest BCUT2D eigenvalue weighted by Gasteiger charge is 2.31. The van der Waals surface area contributed by atoms with Crippen molar-refractivity contribution in [3.8, 4) is 0 Å². The van der Waals surface area contributed by atoms with Gasteiger partial charge < -0.3 is 4.90 Å². The van der Waals surface area contributed by atoms with E-state index < -0.39 is 0 Å². The van der Waals surface area contributed by atoms with E-state index in [1.807, 2.05) is 0 Å². The fourth-order valence-electron chi connectivity index (χ4n) is 2.11. The van der Waals surface area contributed by atoms with Gasteiger partial charge in [-0.3, -0.25) is 0 Å². The van der Waals surface area contributed by atoms with Crippen molar-refractivity contribution in [1.82, 2.24) is 9.78 Å². The molecule has 1 aromatic rings. The maximum atomic E-state index is 4.53. The quantitative estimate of drug-likeness (QED) is 0.629. The number of aromatic nitrogens is 2. The summed E-state index contributed by atoms with van der Waals surface area (Å²) in [7, 11) is 0. The van der Waals surface area contributed by atoms with Gasteiger partial charge in [0.25, 0.3) is 0 Å². The first-order valence-electron chi connectivity index (χ1n) is 5.23. The Bertz CT molecular complexity index is 357. The Morgan fingerprint density at radius 1 is 1.14 bits per heavy atom. The number of hydrogen-bond donors (Lipinski definition) is 0. The lowest BCUT2D eigenvalue weighted by Crippen LogP contribution is -2.40. The number of fused-ring (bicyclic) bond motifs is 1. The lowest BCUT2D eigenvalue weighted by molar-refractivity contribution is 0.515. The molecule has 0 N–H and O–H groups in total. The summed E-state index contributed by atoms with van der Waals surface area (Å²) in [5, 5.41) is 4.53. The summed E-state index contributed by atoms with van der Waals surface area (Å²) in [6, 6.07) is 0. The van der Waals surface area contributed by atoms with E-state index >= 15 is 0 Å². The Labute approximate surface area is 85.7 Å². The number of rotatable bonds is 0. The zero-order valence-corrected chi connectivity index (χ0v) is 9.76. The van der Waals surface area contributed by atoms with Crippen LogP contribution in [-0.4, -0.2) is 21.9 Å². The van der Waals surface area contributed by atoms with E-state index in [2.05, 4.69) is 49.3 Å². The molecular formula is C11H19N3. The fraction of sp³-hybridized carbons (Fsp3) is 0.727. The average molecular weight is 193 g/mol. The molecule has 1 aliphatic heterocycles. The van der Waals surface area contributed by atoms with Gasteiger partial charge in [0.05, 0.1) is 12.2 Å². The molecule has 0 amide bonds. The number of hydrogen-bond acceptors (Lipinski definition) is 2. The summed E-state index contributed by atoms with van der Waals surface area (Å²) in [6.07, 6.45) is 0. The maximum Gasteiger partial charge on any atom is 0.130 e. The van der Waals surface area contributed by atoms with Gasteiger partial charge in [-0.1, -0.05) is 0 Å². The molecule has 0 unspecified atom stereocenters. The van der Waals surface area contributed by atoms with Crippen molar-refractivity contribution < 1.29 is 0 Å². The molecule has 2 heterocycles. The van der Waals surface area contributed by atoms with E-state index in [1.54, 1.807) is 0 Å². The zero-order chi connectivity index (χ0) is 10.5. The van der Waals surface area contributed by atoms with E-state index in [1.165, 1.54) is 11.4 Å². The molecule has 2 rings (SSSR count). The van der Waals surface area contributed by atoms with Gasteiger partial charge in [-0.25, -0.2) is 4.68 Å². The van der Waals surface area contributed by atoms with Crippen LogP contribution in [-0.2, 0) is 6.54 Å². The standard InChI is InChI=1S/C11H19N3/c1-8-9(2)12-14-7-6-13(10(8)14)11(3,4)5/h6-7H2,1-5H3. The number of nitrogens with zero attached hydrogens (tertiary/aromatic N) is 3. The molecule has 0 atom stereocenters.